The lowest BCUT2D eigenvalue weighted by molar-refractivity contribution is 0.102. The molecule has 2 heterocycles. The van der Waals surface area contributed by atoms with Crippen LogP contribution in [0, 0.1) is 0 Å². The molecule has 0 bridgehead atoms. The van der Waals surface area contributed by atoms with Gasteiger partial charge in [0.1, 0.15) is 0 Å². The highest BCUT2D eigenvalue weighted by molar-refractivity contribution is 6.05. The zero-order valence-corrected chi connectivity index (χ0v) is 11.2. The second-order valence-electron chi connectivity index (χ2n) is 4.61. The van der Waals surface area contributed by atoms with E-state index < -0.39 is 0 Å². The summed E-state index contributed by atoms with van der Waals surface area (Å²) in [4.78, 5) is 21.2. The molecule has 8 heteroatoms. The minimum absolute atomic E-state index is 0.120. The first-order chi connectivity index (χ1) is 10.8. The highest BCUT2D eigenvalue weighted by Crippen LogP contribution is 2.17. The molecule has 0 spiro atoms. The van der Waals surface area contributed by atoms with Gasteiger partial charge in [0, 0.05) is 5.56 Å². The number of rotatable bonds is 2. The second kappa shape index (κ2) is 4.85. The summed E-state index contributed by atoms with van der Waals surface area (Å²) in [5.41, 5.74) is 3.43. The Balaban J connectivity index is 1.76. The minimum Gasteiger partial charge on any atom is -0.288 e. The number of H-pyrrole nitrogens is 1. The Morgan fingerprint density at radius 2 is 1.68 bits per heavy atom. The monoisotopic (exact) mass is 291 g/mol. The first kappa shape index (κ1) is 12.3. The van der Waals surface area contributed by atoms with Crippen molar-refractivity contribution in [3.05, 3.63) is 48.0 Å². The number of tetrazole rings is 1. The third kappa shape index (κ3) is 2.12. The van der Waals surface area contributed by atoms with Crippen LogP contribution < -0.4 is 5.32 Å². The number of nitrogens with zero attached hydrogens (tertiary/aromatic N) is 5. The van der Waals surface area contributed by atoms with Gasteiger partial charge in [0.05, 0.1) is 22.1 Å². The van der Waals surface area contributed by atoms with Gasteiger partial charge in [0.2, 0.25) is 0 Å². The van der Waals surface area contributed by atoms with Gasteiger partial charge in [-0.2, -0.15) is 5.21 Å². The fourth-order valence-electron chi connectivity index (χ4n) is 2.15. The normalized spacial score (nSPS) is 10.9. The lowest BCUT2D eigenvalue weighted by Gasteiger charge is -2.04. The van der Waals surface area contributed by atoms with Crippen LogP contribution in [0.25, 0.3) is 22.1 Å². The number of anilines is 1. The van der Waals surface area contributed by atoms with Gasteiger partial charge in [0.25, 0.3) is 11.9 Å². The summed E-state index contributed by atoms with van der Waals surface area (Å²) in [6, 6.07) is 12.7. The summed E-state index contributed by atoms with van der Waals surface area (Å²) in [7, 11) is 0. The fraction of sp³-hybridized carbons (Fsp3) is 0. The quantitative estimate of drug-likeness (QED) is 0.542. The van der Waals surface area contributed by atoms with E-state index in [-0.39, 0.29) is 11.9 Å². The van der Waals surface area contributed by atoms with Crippen molar-refractivity contribution in [1.82, 2.24) is 30.6 Å². The molecule has 106 valence electrons. The number of nitrogens with one attached hydrogen (secondary N) is 2. The molecule has 0 saturated heterocycles. The van der Waals surface area contributed by atoms with Crippen molar-refractivity contribution < 1.29 is 4.79 Å². The molecule has 0 saturated carbocycles. The van der Waals surface area contributed by atoms with Crippen LogP contribution in [0.5, 0.6) is 0 Å². The average Bonchev–Trinajstić information content (AvgIpc) is 3.05. The van der Waals surface area contributed by atoms with Crippen molar-refractivity contribution in [2.24, 2.45) is 0 Å². The number of carbonyl (C=O) groups is 1. The summed E-state index contributed by atoms with van der Waals surface area (Å²) in [5.74, 6) is -0.215. The molecule has 0 atom stereocenters. The van der Waals surface area contributed by atoms with E-state index in [2.05, 4.69) is 35.9 Å². The van der Waals surface area contributed by atoms with Gasteiger partial charge in [-0.1, -0.05) is 17.2 Å². The molecule has 22 heavy (non-hydrogen) atoms. The van der Waals surface area contributed by atoms with Gasteiger partial charge in [-0.3, -0.25) is 10.1 Å². The number of carbonyl (C=O) groups excluding carboxylic acids is 1. The Kier molecular flexibility index (Phi) is 2.72. The van der Waals surface area contributed by atoms with E-state index in [1.165, 1.54) is 0 Å². The summed E-state index contributed by atoms with van der Waals surface area (Å²) in [6.45, 7) is 0. The number of aromatic nitrogens is 6. The molecule has 1 amide bonds. The standard InChI is InChI=1S/C14H9N7O/c22-13(17-14-18-20-21-19-14)8-5-6-11-12(7-8)16-10-4-2-1-3-9(10)15-11/h1-7H,(H2,17,18,19,20,21,22). The van der Waals surface area contributed by atoms with Gasteiger partial charge in [-0.15, -0.1) is 5.10 Å². The summed E-state index contributed by atoms with van der Waals surface area (Å²) in [5, 5.41) is 15.5. The van der Waals surface area contributed by atoms with Crippen LogP contribution in [0.15, 0.2) is 42.5 Å². The van der Waals surface area contributed by atoms with Crippen molar-refractivity contribution in [3.63, 3.8) is 0 Å². The molecule has 2 aromatic carbocycles. The van der Waals surface area contributed by atoms with Gasteiger partial charge in [0.15, 0.2) is 0 Å². The Hall–Kier alpha value is -3.42. The van der Waals surface area contributed by atoms with Crippen LogP contribution in [0.2, 0.25) is 0 Å². The maximum absolute atomic E-state index is 12.1. The number of hydrogen-bond acceptors (Lipinski definition) is 6. The number of benzene rings is 2. The number of para-hydroxylation sites is 2. The third-order valence-electron chi connectivity index (χ3n) is 3.17. The van der Waals surface area contributed by atoms with Gasteiger partial charge in [-0.25, -0.2) is 9.97 Å². The number of aromatic amines is 1. The molecule has 4 aromatic rings. The molecule has 0 unspecified atom stereocenters. The molecule has 0 radical (unpaired) electrons. The highest BCUT2D eigenvalue weighted by Gasteiger charge is 2.10. The molecule has 2 N–H and O–H groups in total. The Labute approximate surface area is 123 Å². The molecule has 4 rings (SSSR count). The zero-order valence-electron chi connectivity index (χ0n) is 11.2. The maximum atomic E-state index is 12.1. The molecule has 0 fully saturated rings. The smallest absolute Gasteiger partial charge is 0.270 e. The van der Waals surface area contributed by atoms with E-state index in [0.717, 1.165) is 16.6 Å². The number of fused-ring (bicyclic) bond motifs is 2. The van der Waals surface area contributed by atoms with Crippen molar-refractivity contribution in [2.45, 2.75) is 0 Å². The van der Waals surface area contributed by atoms with E-state index >= 15 is 0 Å². The zero-order chi connectivity index (χ0) is 14.9. The summed E-state index contributed by atoms with van der Waals surface area (Å²) in [6.07, 6.45) is 0. The molecule has 2 aromatic heterocycles. The average molecular weight is 291 g/mol. The van der Waals surface area contributed by atoms with Gasteiger partial charge < -0.3 is 0 Å². The maximum Gasteiger partial charge on any atom is 0.270 e. The summed E-state index contributed by atoms with van der Waals surface area (Å²) >= 11 is 0. The Morgan fingerprint density at radius 3 is 2.41 bits per heavy atom. The SMILES string of the molecule is O=C(Nc1nn[nH]n1)c1ccc2nc3ccccc3nc2c1. The highest BCUT2D eigenvalue weighted by atomic mass is 16.1. The predicted octanol–water partition coefficient (Wildman–Crippen LogP) is 1.55. The van der Waals surface area contributed by atoms with Crippen molar-refractivity contribution in [3.8, 4) is 0 Å². The molecular formula is C14H9N7O. The minimum atomic E-state index is -0.335. The first-order valence-corrected chi connectivity index (χ1v) is 6.51. The van der Waals surface area contributed by atoms with Crippen molar-refractivity contribution >= 4 is 33.9 Å². The van der Waals surface area contributed by atoms with Crippen LogP contribution in [0.3, 0.4) is 0 Å². The van der Waals surface area contributed by atoms with E-state index in [0.29, 0.717) is 11.1 Å². The lowest BCUT2D eigenvalue weighted by atomic mass is 10.1. The van der Waals surface area contributed by atoms with E-state index in [4.69, 9.17) is 0 Å². The first-order valence-electron chi connectivity index (χ1n) is 6.51. The third-order valence-corrected chi connectivity index (χ3v) is 3.17. The number of hydrogen-bond donors (Lipinski definition) is 2. The molecule has 0 aliphatic carbocycles. The summed E-state index contributed by atoms with van der Waals surface area (Å²) < 4.78 is 0. The largest absolute Gasteiger partial charge is 0.288 e. The molecule has 0 aliphatic heterocycles. The van der Waals surface area contributed by atoms with E-state index in [1.54, 1.807) is 18.2 Å². The van der Waals surface area contributed by atoms with Crippen LogP contribution in [0.1, 0.15) is 10.4 Å². The Morgan fingerprint density at radius 1 is 0.955 bits per heavy atom. The van der Waals surface area contributed by atoms with Crippen LogP contribution in [-0.2, 0) is 0 Å². The van der Waals surface area contributed by atoms with Gasteiger partial charge >= 0.3 is 0 Å². The fourth-order valence-corrected chi connectivity index (χ4v) is 2.15. The van der Waals surface area contributed by atoms with E-state index in [9.17, 15) is 4.79 Å². The van der Waals surface area contributed by atoms with Crippen molar-refractivity contribution in [1.29, 1.82) is 0 Å². The van der Waals surface area contributed by atoms with Crippen LogP contribution in [0.4, 0.5) is 5.95 Å². The van der Waals surface area contributed by atoms with Crippen LogP contribution >= 0.6 is 0 Å². The lowest BCUT2D eigenvalue weighted by Crippen LogP contribution is -2.13. The topological polar surface area (TPSA) is 109 Å². The molecule has 8 nitrogen and oxygen atoms in total. The second-order valence-corrected chi connectivity index (χ2v) is 4.61. The number of amides is 1. The molecule has 0 aliphatic rings. The Bertz CT molecular complexity index is 981. The predicted molar refractivity (Wildman–Crippen MR) is 79.2 cm³/mol. The molecular weight excluding hydrogens is 282 g/mol. The van der Waals surface area contributed by atoms with E-state index in [1.807, 2.05) is 24.3 Å². The van der Waals surface area contributed by atoms with Crippen molar-refractivity contribution in [2.75, 3.05) is 5.32 Å². The van der Waals surface area contributed by atoms with Gasteiger partial charge in [-0.05, 0) is 35.5 Å². The van der Waals surface area contributed by atoms with Crippen LogP contribution in [-0.4, -0.2) is 36.5 Å².